The Labute approximate surface area is 116 Å². The predicted octanol–water partition coefficient (Wildman–Crippen LogP) is 1.25. The summed E-state index contributed by atoms with van der Waals surface area (Å²) in [6.07, 6.45) is 2.02. The Morgan fingerprint density at radius 1 is 1.35 bits per heavy atom. The minimum atomic E-state index is -0.458. The highest BCUT2D eigenvalue weighted by Crippen LogP contribution is 2.28. The number of amides is 2. The van der Waals surface area contributed by atoms with Crippen molar-refractivity contribution in [2.75, 3.05) is 0 Å². The number of carbonyl (C=O) groups is 3. The quantitative estimate of drug-likeness (QED) is 0.822. The van der Waals surface area contributed by atoms with Crippen LogP contribution in [0.3, 0.4) is 0 Å². The molecule has 0 bridgehead atoms. The van der Waals surface area contributed by atoms with Crippen molar-refractivity contribution in [3.63, 3.8) is 0 Å². The number of fused-ring (bicyclic) bond motifs is 1. The topological polar surface area (TPSA) is 66.5 Å². The first-order valence-corrected chi connectivity index (χ1v) is 6.48. The lowest BCUT2D eigenvalue weighted by molar-refractivity contribution is -0.126. The molecule has 1 aromatic rings. The Bertz CT molecular complexity index is 636. The van der Waals surface area contributed by atoms with Gasteiger partial charge in [0.05, 0.1) is 0 Å². The molecule has 2 aliphatic rings. The van der Waals surface area contributed by atoms with Gasteiger partial charge in [-0.1, -0.05) is 12.6 Å². The van der Waals surface area contributed by atoms with E-state index in [1.807, 2.05) is 0 Å². The van der Waals surface area contributed by atoms with E-state index in [-0.39, 0.29) is 11.8 Å². The highest BCUT2D eigenvalue weighted by atomic mass is 16.2. The Morgan fingerprint density at radius 2 is 2.15 bits per heavy atom. The minimum absolute atomic E-state index is 0.148. The van der Waals surface area contributed by atoms with E-state index in [1.54, 1.807) is 23.1 Å². The highest BCUT2D eigenvalue weighted by Gasteiger charge is 2.37. The van der Waals surface area contributed by atoms with E-state index < -0.39 is 6.04 Å². The van der Waals surface area contributed by atoms with Crippen LogP contribution in [0, 0.1) is 0 Å². The van der Waals surface area contributed by atoms with Gasteiger partial charge in [-0.2, -0.15) is 0 Å². The van der Waals surface area contributed by atoms with Crippen molar-refractivity contribution >= 4 is 18.1 Å². The van der Waals surface area contributed by atoms with Crippen LogP contribution < -0.4 is 5.32 Å². The molecule has 1 N–H and O–H groups in total. The molecule has 5 heteroatoms. The molecular formula is C15H14N2O3. The standard InChI is InChI=1S/C15H14N2O3/c1-9-2-5-13(14(19)16-9)17-7-11-6-10(8-18)3-4-12(11)15(17)20/h3-4,6,8,13H,1-2,5,7H2,(H,16,19). The fraction of sp³-hybridized carbons (Fsp3) is 0.267. The maximum absolute atomic E-state index is 12.4. The van der Waals surface area contributed by atoms with E-state index in [4.69, 9.17) is 0 Å². The number of allylic oxidation sites excluding steroid dienone is 1. The molecule has 3 rings (SSSR count). The number of piperidine rings is 1. The third-order valence-electron chi connectivity index (χ3n) is 3.80. The van der Waals surface area contributed by atoms with Crippen molar-refractivity contribution in [1.82, 2.24) is 10.2 Å². The van der Waals surface area contributed by atoms with Gasteiger partial charge < -0.3 is 10.2 Å². The van der Waals surface area contributed by atoms with E-state index in [1.165, 1.54) is 0 Å². The number of nitrogens with one attached hydrogen (secondary N) is 1. The Morgan fingerprint density at radius 3 is 2.85 bits per heavy atom. The number of nitrogens with zero attached hydrogens (tertiary/aromatic N) is 1. The zero-order valence-electron chi connectivity index (χ0n) is 10.9. The first kappa shape index (κ1) is 12.6. The first-order chi connectivity index (χ1) is 9.60. The van der Waals surface area contributed by atoms with Gasteiger partial charge in [-0.15, -0.1) is 0 Å². The molecule has 2 heterocycles. The van der Waals surface area contributed by atoms with Crippen LogP contribution in [0.15, 0.2) is 30.5 Å². The molecule has 0 aromatic heterocycles. The Balaban J connectivity index is 1.88. The average Bonchev–Trinajstić information content (AvgIpc) is 2.75. The SMILES string of the molecule is C=C1CCC(N2Cc3cc(C=O)ccc3C2=O)C(=O)N1. The molecule has 0 aliphatic carbocycles. The molecule has 1 aromatic carbocycles. The van der Waals surface area contributed by atoms with Gasteiger partial charge in [0.25, 0.3) is 5.91 Å². The molecular weight excluding hydrogens is 256 g/mol. The normalized spacial score (nSPS) is 21.7. The summed E-state index contributed by atoms with van der Waals surface area (Å²) >= 11 is 0. The minimum Gasteiger partial charge on any atom is -0.329 e. The van der Waals surface area contributed by atoms with Gasteiger partial charge in [-0.3, -0.25) is 14.4 Å². The summed E-state index contributed by atoms with van der Waals surface area (Å²) in [7, 11) is 0. The van der Waals surface area contributed by atoms with Crippen molar-refractivity contribution in [1.29, 1.82) is 0 Å². The molecule has 1 saturated heterocycles. The van der Waals surface area contributed by atoms with Gasteiger partial charge in [-0.05, 0) is 30.5 Å². The van der Waals surface area contributed by atoms with E-state index in [0.29, 0.717) is 36.2 Å². The summed E-state index contributed by atoms with van der Waals surface area (Å²) in [5.74, 6) is -0.330. The number of aldehydes is 1. The van der Waals surface area contributed by atoms with Crippen LogP contribution in [0.2, 0.25) is 0 Å². The molecule has 1 atom stereocenters. The second-order valence-corrected chi connectivity index (χ2v) is 5.11. The zero-order valence-corrected chi connectivity index (χ0v) is 10.9. The fourth-order valence-electron chi connectivity index (χ4n) is 2.75. The molecule has 1 fully saturated rings. The number of hydrogen-bond acceptors (Lipinski definition) is 3. The lowest BCUT2D eigenvalue weighted by Gasteiger charge is -2.30. The first-order valence-electron chi connectivity index (χ1n) is 6.48. The molecule has 102 valence electrons. The molecule has 1 unspecified atom stereocenters. The van der Waals surface area contributed by atoms with Crippen LogP contribution in [0.5, 0.6) is 0 Å². The number of hydrogen-bond donors (Lipinski definition) is 1. The van der Waals surface area contributed by atoms with Crippen molar-refractivity contribution in [3.8, 4) is 0 Å². The molecule has 20 heavy (non-hydrogen) atoms. The maximum Gasteiger partial charge on any atom is 0.255 e. The van der Waals surface area contributed by atoms with Crippen molar-refractivity contribution in [2.45, 2.75) is 25.4 Å². The van der Waals surface area contributed by atoms with Gasteiger partial charge >= 0.3 is 0 Å². The zero-order chi connectivity index (χ0) is 14.3. The van der Waals surface area contributed by atoms with E-state index in [0.717, 1.165) is 11.8 Å². The number of carbonyl (C=O) groups excluding carboxylic acids is 3. The van der Waals surface area contributed by atoms with Crippen LogP contribution in [-0.4, -0.2) is 29.0 Å². The van der Waals surface area contributed by atoms with Crippen molar-refractivity contribution in [3.05, 3.63) is 47.2 Å². The van der Waals surface area contributed by atoms with Gasteiger partial charge in [0.1, 0.15) is 12.3 Å². The third-order valence-corrected chi connectivity index (χ3v) is 3.80. The van der Waals surface area contributed by atoms with E-state index in [9.17, 15) is 14.4 Å². The monoisotopic (exact) mass is 270 g/mol. The van der Waals surface area contributed by atoms with E-state index in [2.05, 4.69) is 11.9 Å². The van der Waals surface area contributed by atoms with Crippen LogP contribution in [0.1, 0.15) is 39.1 Å². The van der Waals surface area contributed by atoms with Crippen LogP contribution in [0.25, 0.3) is 0 Å². The second kappa shape index (κ2) is 4.59. The lowest BCUT2D eigenvalue weighted by Crippen LogP contribution is -2.49. The van der Waals surface area contributed by atoms with Crippen LogP contribution in [-0.2, 0) is 11.3 Å². The van der Waals surface area contributed by atoms with Crippen molar-refractivity contribution in [2.24, 2.45) is 0 Å². The van der Waals surface area contributed by atoms with Gasteiger partial charge in [0, 0.05) is 23.4 Å². The molecule has 2 aliphatic heterocycles. The van der Waals surface area contributed by atoms with Crippen molar-refractivity contribution < 1.29 is 14.4 Å². The third kappa shape index (κ3) is 1.91. The maximum atomic E-state index is 12.4. The summed E-state index contributed by atoms with van der Waals surface area (Å²) in [5.41, 5.74) is 2.61. The Kier molecular flexibility index (Phi) is 2.89. The smallest absolute Gasteiger partial charge is 0.255 e. The Hall–Kier alpha value is -2.43. The molecule has 0 spiro atoms. The van der Waals surface area contributed by atoms with Crippen LogP contribution >= 0.6 is 0 Å². The number of benzene rings is 1. The lowest BCUT2D eigenvalue weighted by atomic mass is 10.0. The number of rotatable bonds is 2. The largest absolute Gasteiger partial charge is 0.329 e. The fourth-order valence-corrected chi connectivity index (χ4v) is 2.75. The van der Waals surface area contributed by atoms with Gasteiger partial charge in [0.15, 0.2) is 0 Å². The summed E-state index contributed by atoms with van der Waals surface area (Å²) in [6, 6.07) is 4.52. The second-order valence-electron chi connectivity index (χ2n) is 5.11. The predicted molar refractivity (Wildman–Crippen MR) is 72.0 cm³/mol. The summed E-state index contributed by atoms with van der Waals surface area (Å²) in [6.45, 7) is 4.11. The van der Waals surface area contributed by atoms with Gasteiger partial charge in [-0.25, -0.2) is 0 Å². The average molecular weight is 270 g/mol. The van der Waals surface area contributed by atoms with E-state index >= 15 is 0 Å². The molecule has 0 saturated carbocycles. The highest BCUT2D eigenvalue weighted by molar-refractivity contribution is 6.02. The molecule has 2 amide bonds. The van der Waals surface area contributed by atoms with Gasteiger partial charge in [0.2, 0.25) is 5.91 Å². The summed E-state index contributed by atoms with van der Waals surface area (Å²) in [4.78, 5) is 36.7. The summed E-state index contributed by atoms with van der Waals surface area (Å²) in [5, 5.41) is 2.69. The van der Waals surface area contributed by atoms with Crippen LogP contribution in [0.4, 0.5) is 0 Å². The molecule has 5 nitrogen and oxygen atoms in total. The summed E-state index contributed by atoms with van der Waals surface area (Å²) < 4.78 is 0. The molecule has 0 radical (unpaired) electrons.